The molecule has 0 unspecified atom stereocenters. The molecule has 3 aromatic rings. The van der Waals surface area contributed by atoms with E-state index in [-0.39, 0.29) is 49.5 Å². The minimum Gasteiger partial charge on any atom is -0.345 e. The fourth-order valence-corrected chi connectivity index (χ4v) is 4.75. The second-order valence-electron chi connectivity index (χ2n) is 10.4. The SMILES string of the molecule is N[C@@H]1CN(C(=O)CC[C@H](N)C(=O)N[C@H](Cc2ccc(C(F)(F)F)cc2)C(=O)Cc2cnc3ccccc3c2)C[C@@H]1N. The number of pyridine rings is 1. The summed E-state index contributed by atoms with van der Waals surface area (Å²) >= 11 is 0. The lowest BCUT2D eigenvalue weighted by molar-refractivity contribution is -0.137. The van der Waals surface area contributed by atoms with Crippen LogP contribution in [0, 0.1) is 0 Å². The summed E-state index contributed by atoms with van der Waals surface area (Å²) in [5.74, 6) is -1.23. The van der Waals surface area contributed by atoms with Gasteiger partial charge < -0.3 is 27.4 Å². The molecule has 1 aromatic heterocycles. The van der Waals surface area contributed by atoms with E-state index in [1.165, 1.54) is 17.0 Å². The summed E-state index contributed by atoms with van der Waals surface area (Å²) in [6.45, 7) is 0.656. The Kier molecular flexibility index (Phi) is 9.36. The van der Waals surface area contributed by atoms with Gasteiger partial charge in [0.1, 0.15) is 0 Å². The van der Waals surface area contributed by atoms with Crippen LogP contribution in [0.15, 0.2) is 60.8 Å². The maximum atomic E-state index is 13.4. The van der Waals surface area contributed by atoms with Gasteiger partial charge in [-0.05, 0) is 48.2 Å². The van der Waals surface area contributed by atoms with E-state index < -0.39 is 29.7 Å². The summed E-state index contributed by atoms with van der Waals surface area (Å²) in [7, 11) is 0. The summed E-state index contributed by atoms with van der Waals surface area (Å²) in [6.07, 6.45) is -3.01. The first-order chi connectivity index (χ1) is 19.4. The van der Waals surface area contributed by atoms with Gasteiger partial charge in [-0.25, -0.2) is 0 Å². The van der Waals surface area contributed by atoms with Gasteiger partial charge in [-0.1, -0.05) is 30.3 Å². The first-order valence-electron chi connectivity index (χ1n) is 13.3. The number of alkyl halides is 3. The van der Waals surface area contributed by atoms with E-state index in [1.807, 2.05) is 30.3 Å². The second kappa shape index (κ2) is 12.8. The zero-order valence-corrected chi connectivity index (χ0v) is 22.3. The van der Waals surface area contributed by atoms with Crippen molar-refractivity contribution in [1.29, 1.82) is 0 Å². The molecule has 4 rings (SSSR count). The molecule has 4 atom stereocenters. The van der Waals surface area contributed by atoms with Gasteiger partial charge in [0, 0.05) is 49.6 Å². The summed E-state index contributed by atoms with van der Waals surface area (Å²) in [4.78, 5) is 44.8. The third-order valence-corrected chi connectivity index (χ3v) is 7.22. The number of carbonyl (C=O) groups excluding carboxylic acids is 3. The van der Waals surface area contributed by atoms with Crippen molar-refractivity contribution in [3.05, 3.63) is 77.5 Å². The molecule has 0 aliphatic carbocycles. The molecule has 2 aromatic carbocycles. The van der Waals surface area contributed by atoms with Crippen molar-refractivity contribution < 1.29 is 27.6 Å². The van der Waals surface area contributed by atoms with Crippen molar-refractivity contribution in [2.45, 2.75) is 56.0 Å². The van der Waals surface area contributed by atoms with Gasteiger partial charge >= 0.3 is 6.18 Å². The van der Waals surface area contributed by atoms with Crippen molar-refractivity contribution in [3.63, 3.8) is 0 Å². The Morgan fingerprint density at radius 1 is 1.00 bits per heavy atom. The highest BCUT2D eigenvalue weighted by molar-refractivity contribution is 5.93. The van der Waals surface area contributed by atoms with E-state index in [9.17, 15) is 27.6 Å². The zero-order valence-electron chi connectivity index (χ0n) is 22.3. The number of aromatic nitrogens is 1. The summed E-state index contributed by atoms with van der Waals surface area (Å²) < 4.78 is 39.1. The Morgan fingerprint density at radius 3 is 2.32 bits per heavy atom. The largest absolute Gasteiger partial charge is 0.416 e. The predicted molar refractivity (Wildman–Crippen MR) is 147 cm³/mol. The Bertz CT molecular complexity index is 1390. The fraction of sp³-hybridized carbons (Fsp3) is 0.379. The van der Waals surface area contributed by atoms with E-state index in [0.717, 1.165) is 23.0 Å². The molecular weight excluding hydrogens is 537 g/mol. The number of rotatable bonds is 10. The third-order valence-electron chi connectivity index (χ3n) is 7.22. The van der Waals surface area contributed by atoms with Crippen molar-refractivity contribution in [3.8, 4) is 0 Å². The topological polar surface area (TPSA) is 157 Å². The van der Waals surface area contributed by atoms with Crippen LogP contribution in [0.3, 0.4) is 0 Å². The summed E-state index contributed by atoms with van der Waals surface area (Å²) in [5, 5.41) is 3.49. The Hall–Kier alpha value is -3.87. The molecule has 1 aliphatic rings. The molecule has 2 heterocycles. The van der Waals surface area contributed by atoms with E-state index in [2.05, 4.69) is 10.3 Å². The monoisotopic (exact) mass is 570 g/mol. The number of hydrogen-bond acceptors (Lipinski definition) is 7. The highest BCUT2D eigenvalue weighted by Gasteiger charge is 2.32. The van der Waals surface area contributed by atoms with Gasteiger partial charge in [0.25, 0.3) is 0 Å². The van der Waals surface area contributed by atoms with Crippen LogP contribution in [0.5, 0.6) is 0 Å². The molecular formula is C29H33F3N6O3. The number of ketones is 1. The first kappa shape index (κ1) is 30.1. The maximum Gasteiger partial charge on any atom is 0.416 e. The molecule has 12 heteroatoms. The third kappa shape index (κ3) is 7.87. The van der Waals surface area contributed by atoms with Gasteiger partial charge in [0.15, 0.2) is 5.78 Å². The lowest BCUT2D eigenvalue weighted by Crippen LogP contribution is -2.50. The van der Waals surface area contributed by atoms with E-state index in [1.54, 1.807) is 6.20 Å². The number of hydrogen-bond donors (Lipinski definition) is 4. The molecule has 9 nitrogen and oxygen atoms in total. The van der Waals surface area contributed by atoms with Crippen molar-refractivity contribution in [2.24, 2.45) is 17.2 Å². The Balaban J connectivity index is 1.44. The predicted octanol–water partition coefficient (Wildman–Crippen LogP) is 1.70. The number of Topliss-reactive ketones (excluding diaryl/α,β-unsaturated/α-hetero) is 1. The average molecular weight is 571 g/mol. The molecule has 0 spiro atoms. The number of halogens is 3. The van der Waals surface area contributed by atoms with Crippen molar-refractivity contribution in [1.82, 2.24) is 15.2 Å². The number of amides is 2. The zero-order chi connectivity index (χ0) is 29.7. The smallest absolute Gasteiger partial charge is 0.345 e. The molecule has 1 saturated heterocycles. The van der Waals surface area contributed by atoms with Gasteiger partial charge in [0.05, 0.1) is 23.2 Å². The molecule has 218 valence electrons. The number of benzene rings is 2. The van der Waals surface area contributed by atoms with Gasteiger partial charge in [0.2, 0.25) is 11.8 Å². The molecule has 0 saturated carbocycles. The molecule has 7 N–H and O–H groups in total. The highest BCUT2D eigenvalue weighted by Crippen LogP contribution is 2.29. The number of fused-ring (bicyclic) bond motifs is 1. The molecule has 2 amide bonds. The Labute approximate surface area is 235 Å². The van der Waals surface area contributed by atoms with Crippen LogP contribution >= 0.6 is 0 Å². The summed E-state index contributed by atoms with van der Waals surface area (Å²) in [5.41, 5.74) is 18.8. The van der Waals surface area contributed by atoms with Crippen LogP contribution in [-0.4, -0.2) is 64.7 Å². The minimum absolute atomic E-state index is 0.00565. The fourth-order valence-electron chi connectivity index (χ4n) is 4.75. The minimum atomic E-state index is -4.50. The van der Waals surface area contributed by atoms with E-state index in [4.69, 9.17) is 17.2 Å². The van der Waals surface area contributed by atoms with Crippen molar-refractivity contribution in [2.75, 3.05) is 13.1 Å². The average Bonchev–Trinajstić information content (AvgIpc) is 3.28. The lowest BCUT2D eigenvalue weighted by atomic mass is 9.96. The quantitative estimate of drug-likeness (QED) is 0.289. The molecule has 1 aliphatic heterocycles. The number of carbonyl (C=O) groups is 3. The molecule has 0 bridgehead atoms. The van der Waals surface area contributed by atoms with Crippen molar-refractivity contribution >= 4 is 28.5 Å². The standard InChI is InChI=1S/C29H33F3N6O3/c30-29(31,32)20-7-5-17(6-8-20)12-25(26(39)13-18-11-19-3-1-2-4-24(19)36-14-18)37-28(41)21(33)9-10-27(40)38-15-22(34)23(35)16-38/h1-8,11,14,21-23,25H,9-10,12-13,15-16,33-35H2,(H,37,41)/t21-,22-,23+,25+/m0/s1. The number of nitrogens with two attached hydrogens (primary N) is 3. The Morgan fingerprint density at radius 2 is 1.66 bits per heavy atom. The first-order valence-corrected chi connectivity index (χ1v) is 13.3. The highest BCUT2D eigenvalue weighted by atomic mass is 19.4. The van der Waals surface area contributed by atoms with Crippen LogP contribution in [0.1, 0.15) is 29.5 Å². The van der Waals surface area contributed by atoms with E-state index in [0.29, 0.717) is 24.2 Å². The summed E-state index contributed by atoms with van der Waals surface area (Å²) in [6, 6.07) is 10.8. The van der Waals surface area contributed by atoms with E-state index >= 15 is 0 Å². The maximum absolute atomic E-state index is 13.4. The van der Waals surface area contributed by atoms with Crippen LogP contribution in [0.25, 0.3) is 10.9 Å². The number of nitrogens with one attached hydrogen (secondary N) is 1. The van der Waals surface area contributed by atoms with Gasteiger partial charge in [-0.2, -0.15) is 13.2 Å². The second-order valence-corrected chi connectivity index (χ2v) is 10.4. The number of para-hydroxylation sites is 1. The lowest BCUT2D eigenvalue weighted by Gasteiger charge is -2.21. The van der Waals surface area contributed by atoms with Crippen LogP contribution in [-0.2, 0) is 33.4 Å². The number of nitrogens with zero attached hydrogens (tertiary/aromatic N) is 2. The van der Waals surface area contributed by atoms with Gasteiger partial charge in [-0.15, -0.1) is 0 Å². The molecule has 1 fully saturated rings. The molecule has 41 heavy (non-hydrogen) atoms. The normalized spacial score (nSPS) is 18.7. The molecule has 0 radical (unpaired) electrons. The number of likely N-dealkylation sites (tertiary alicyclic amines) is 1. The van der Waals surface area contributed by atoms with Gasteiger partial charge in [-0.3, -0.25) is 19.4 Å². The van der Waals surface area contributed by atoms with Crippen LogP contribution in [0.4, 0.5) is 13.2 Å². The van der Waals surface area contributed by atoms with Crippen LogP contribution < -0.4 is 22.5 Å². The van der Waals surface area contributed by atoms with Crippen LogP contribution in [0.2, 0.25) is 0 Å².